The fourth-order valence-electron chi connectivity index (χ4n) is 4.00. The summed E-state index contributed by atoms with van der Waals surface area (Å²) in [6, 6.07) is 18.9. The molecule has 2 heteroatoms. The SMILES string of the molecule is CC1CCCC(C(CN)c2ccc(OCc3ccccc3)cc2)C1. The minimum Gasteiger partial charge on any atom is -0.489 e. The van der Waals surface area contributed by atoms with Crippen molar-refractivity contribution in [3.63, 3.8) is 0 Å². The highest BCUT2D eigenvalue weighted by Gasteiger charge is 2.26. The molecule has 0 radical (unpaired) electrons. The van der Waals surface area contributed by atoms with Crippen LogP contribution in [0.3, 0.4) is 0 Å². The first-order valence-corrected chi connectivity index (χ1v) is 9.23. The van der Waals surface area contributed by atoms with Gasteiger partial charge in [-0.1, -0.05) is 62.2 Å². The summed E-state index contributed by atoms with van der Waals surface area (Å²) >= 11 is 0. The minimum atomic E-state index is 0.482. The summed E-state index contributed by atoms with van der Waals surface area (Å²) in [5, 5.41) is 0. The molecule has 1 fully saturated rings. The maximum absolute atomic E-state index is 6.12. The van der Waals surface area contributed by atoms with Crippen molar-refractivity contribution in [2.75, 3.05) is 6.54 Å². The summed E-state index contributed by atoms with van der Waals surface area (Å²) in [5.74, 6) is 2.98. The van der Waals surface area contributed by atoms with Crippen LogP contribution in [0.25, 0.3) is 0 Å². The zero-order valence-electron chi connectivity index (χ0n) is 14.7. The third kappa shape index (κ3) is 4.39. The first-order chi connectivity index (χ1) is 11.8. The van der Waals surface area contributed by atoms with Gasteiger partial charge in [0.2, 0.25) is 0 Å². The van der Waals surface area contributed by atoms with Crippen molar-refractivity contribution in [2.45, 2.75) is 45.1 Å². The predicted molar refractivity (Wildman–Crippen MR) is 100 cm³/mol. The third-order valence-electron chi connectivity index (χ3n) is 5.36. The van der Waals surface area contributed by atoms with E-state index in [-0.39, 0.29) is 0 Å². The lowest BCUT2D eigenvalue weighted by atomic mass is 9.73. The zero-order valence-corrected chi connectivity index (χ0v) is 14.7. The standard InChI is InChI=1S/C22H29NO/c1-17-6-5-9-20(14-17)22(15-23)19-10-12-21(13-11-19)24-16-18-7-3-2-4-8-18/h2-4,7-8,10-13,17,20,22H,5-6,9,14-16,23H2,1H3. The van der Waals surface area contributed by atoms with Crippen LogP contribution in [-0.4, -0.2) is 6.54 Å². The molecule has 0 heterocycles. The molecule has 24 heavy (non-hydrogen) atoms. The molecule has 0 saturated heterocycles. The molecule has 3 atom stereocenters. The Balaban J connectivity index is 1.62. The molecule has 0 aromatic heterocycles. The van der Waals surface area contributed by atoms with Crippen LogP contribution in [0.15, 0.2) is 54.6 Å². The lowest BCUT2D eigenvalue weighted by Gasteiger charge is -2.33. The summed E-state index contributed by atoms with van der Waals surface area (Å²) in [5.41, 5.74) is 8.68. The van der Waals surface area contributed by atoms with Gasteiger partial charge in [-0.05, 0) is 60.4 Å². The molecule has 128 valence electrons. The van der Waals surface area contributed by atoms with Crippen molar-refractivity contribution >= 4 is 0 Å². The lowest BCUT2D eigenvalue weighted by molar-refractivity contribution is 0.247. The van der Waals surface area contributed by atoms with E-state index in [2.05, 4.69) is 43.3 Å². The Hall–Kier alpha value is -1.80. The van der Waals surface area contributed by atoms with E-state index in [0.29, 0.717) is 12.5 Å². The zero-order chi connectivity index (χ0) is 16.8. The molecule has 0 spiro atoms. The first-order valence-electron chi connectivity index (χ1n) is 9.23. The summed E-state index contributed by atoms with van der Waals surface area (Å²) < 4.78 is 5.89. The Kier molecular flexibility index (Phi) is 5.92. The number of ether oxygens (including phenoxy) is 1. The molecule has 2 N–H and O–H groups in total. The van der Waals surface area contributed by atoms with Gasteiger partial charge in [0.1, 0.15) is 12.4 Å². The van der Waals surface area contributed by atoms with E-state index in [9.17, 15) is 0 Å². The molecular weight excluding hydrogens is 294 g/mol. The number of benzene rings is 2. The molecule has 3 unspecified atom stereocenters. The van der Waals surface area contributed by atoms with E-state index in [0.717, 1.165) is 24.1 Å². The molecule has 2 nitrogen and oxygen atoms in total. The first kappa shape index (κ1) is 17.0. The van der Waals surface area contributed by atoms with E-state index in [1.165, 1.54) is 36.8 Å². The predicted octanol–water partition coefficient (Wildman–Crippen LogP) is 5.13. The topological polar surface area (TPSA) is 35.2 Å². The van der Waals surface area contributed by atoms with Gasteiger partial charge in [-0.2, -0.15) is 0 Å². The van der Waals surface area contributed by atoms with Crippen molar-refractivity contribution in [1.82, 2.24) is 0 Å². The summed E-state index contributed by atoms with van der Waals surface area (Å²) in [7, 11) is 0. The Morgan fingerprint density at radius 2 is 1.79 bits per heavy atom. The van der Waals surface area contributed by atoms with Crippen LogP contribution in [0.4, 0.5) is 0 Å². The molecule has 1 aliphatic carbocycles. The van der Waals surface area contributed by atoms with Gasteiger partial charge in [0.05, 0.1) is 0 Å². The highest BCUT2D eigenvalue weighted by atomic mass is 16.5. The van der Waals surface area contributed by atoms with Crippen LogP contribution in [0, 0.1) is 11.8 Å². The quantitative estimate of drug-likeness (QED) is 0.799. The second-order valence-electron chi connectivity index (χ2n) is 7.22. The van der Waals surface area contributed by atoms with E-state index in [1.54, 1.807) is 0 Å². The molecule has 0 aliphatic heterocycles. The van der Waals surface area contributed by atoms with Gasteiger partial charge in [0.15, 0.2) is 0 Å². The van der Waals surface area contributed by atoms with Crippen molar-refractivity contribution in [3.05, 3.63) is 65.7 Å². The Labute approximate surface area is 146 Å². The summed E-state index contributed by atoms with van der Waals surface area (Å²) in [6.07, 6.45) is 5.35. The molecule has 0 amide bonds. The smallest absolute Gasteiger partial charge is 0.119 e. The Morgan fingerprint density at radius 1 is 1.04 bits per heavy atom. The average molecular weight is 323 g/mol. The molecule has 1 aliphatic rings. The maximum Gasteiger partial charge on any atom is 0.119 e. The van der Waals surface area contributed by atoms with Gasteiger partial charge in [-0.25, -0.2) is 0 Å². The normalized spacial score (nSPS) is 22.1. The maximum atomic E-state index is 6.12. The second-order valence-corrected chi connectivity index (χ2v) is 7.22. The Morgan fingerprint density at radius 3 is 2.46 bits per heavy atom. The molecular formula is C22H29NO. The third-order valence-corrected chi connectivity index (χ3v) is 5.36. The lowest BCUT2D eigenvalue weighted by Crippen LogP contribution is -2.26. The van der Waals surface area contributed by atoms with Crippen LogP contribution in [-0.2, 0) is 6.61 Å². The number of hydrogen-bond acceptors (Lipinski definition) is 2. The van der Waals surface area contributed by atoms with Gasteiger partial charge in [0, 0.05) is 0 Å². The number of nitrogens with two attached hydrogens (primary N) is 1. The number of hydrogen-bond donors (Lipinski definition) is 1. The summed E-state index contributed by atoms with van der Waals surface area (Å²) in [4.78, 5) is 0. The van der Waals surface area contributed by atoms with Gasteiger partial charge >= 0.3 is 0 Å². The van der Waals surface area contributed by atoms with E-state index in [1.807, 2.05) is 18.2 Å². The fourth-order valence-corrected chi connectivity index (χ4v) is 4.00. The Bertz CT molecular complexity index is 608. The largest absolute Gasteiger partial charge is 0.489 e. The fraction of sp³-hybridized carbons (Fsp3) is 0.455. The van der Waals surface area contributed by atoms with E-state index in [4.69, 9.17) is 10.5 Å². The van der Waals surface area contributed by atoms with Crippen LogP contribution in [0.5, 0.6) is 5.75 Å². The van der Waals surface area contributed by atoms with Crippen molar-refractivity contribution in [3.8, 4) is 5.75 Å². The van der Waals surface area contributed by atoms with E-state index < -0.39 is 0 Å². The molecule has 2 aromatic carbocycles. The second kappa shape index (κ2) is 8.34. The van der Waals surface area contributed by atoms with Gasteiger partial charge in [-0.3, -0.25) is 0 Å². The van der Waals surface area contributed by atoms with Crippen LogP contribution in [0.1, 0.15) is 49.7 Å². The van der Waals surface area contributed by atoms with Crippen LogP contribution >= 0.6 is 0 Å². The van der Waals surface area contributed by atoms with Gasteiger partial charge in [0.25, 0.3) is 0 Å². The molecule has 1 saturated carbocycles. The van der Waals surface area contributed by atoms with E-state index >= 15 is 0 Å². The summed E-state index contributed by atoms with van der Waals surface area (Å²) in [6.45, 7) is 3.72. The highest BCUT2D eigenvalue weighted by molar-refractivity contribution is 5.30. The van der Waals surface area contributed by atoms with Crippen molar-refractivity contribution in [2.24, 2.45) is 17.6 Å². The highest BCUT2D eigenvalue weighted by Crippen LogP contribution is 2.38. The van der Waals surface area contributed by atoms with Gasteiger partial charge < -0.3 is 10.5 Å². The van der Waals surface area contributed by atoms with Crippen molar-refractivity contribution in [1.29, 1.82) is 0 Å². The monoisotopic (exact) mass is 323 g/mol. The molecule has 2 aromatic rings. The average Bonchev–Trinajstić information content (AvgIpc) is 2.63. The molecule has 0 bridgehead atoms. The van der Waals surface area contributed by atoms with Crippen molar-refractivity contribution < 1.29 is 4.74 Å². The minimum absolute atomic E-state index is 0.482. The van der Waals surface area contributed by atoms with Crippen LogP contribution < -0.4 is 10.5 Å². The van der Waals surface area contributed by atoms with Gasteiger partial charge in [-0.15, -0.1) is 0 Å². The molecule has 3 rings (SSSR count). The number of rotatable bonds is 6. The van der Waals surface area contributed by atoms with Crippen LogP contribution in [0.2, 0.25) is 0 Å².